The Morgan fingerprint density at radius 3 is 2.44 bits per heavy atom. The van der Waals surface area contributed by atoms with E-state index >= 15 is 0 Å². The molecule has 0 aromatic heterocycles. The molecular formula is C28H31N3O3. The number of amides is 3. The van der Waals surface area contributed by atoms with Crippen LogP contribution in [0, 0.1) is 6.92 Å². The Labute approximate surface area is 200 Å². The third-order valence-corrected chi connectivity index (χ3v) is 6.48. The smallest absolute Gasteiger partial charge is 0.259 e. The number of carbonyl (C=O) groups excluding carboxylic acids is 3. The third kappa shape index (κ3) is 4.40. The zero-order valence-electron chi connectivity index (χ0n) is 20.0. The molecule has 0 radical (unpaired) electrons. The van der Waals surface area contributed by atoms with E-state index in [-0.39, 0.29) is 24.3 Å². The van der Waals surface area contributed by atoms with E-state index in [0.717, 1.165) is 34.0 Å². The molecule has 1 atom stereocenters. The summed E-state index contributed by atoms with van der Waals surface area (Å²) >= 11 is 0. The van der Waals surface area contributed by atoms with Gasteiger partial charge in [-0.25, -0.2) is 0 Å². The van der Waals surface area contributed by atoms with Crippen molar-refractivity contribution in [1.82, 2.24) is 10.2 Å². The summed E-state index contributed by atoms with van der Waals surface area (Å²) in [6, 6.07) is 18.6. The summed E-state index contributed by atoms with van der Waals surface area (Å²) in [4.78, 5) is 43.2. The van der Waals surface area contributed by atoms with E-state index in [1.807, 2.05) is 75.4 Å². The first-order valence-corrected chi connectivity index (χ1v) is 11.9. The van der Waals surface area contributed by atoms with Gasteiger partial charge in [0.05, 0.1) is 5.69 Å². The zero-order chi connectivity index (χ0) is 24.2. The third-order valence-electron chi connectivity index (χ3n) is 6.48. The van der Waals surface area contributed by atoms with E-state index in [2.05, 4.69) is 5.32 Å². The number of nitrogens with one attached hydrogen (secondary N) is 1. The topological polar surface area (TPSA) is 69.7 Å². The zero-order valence-corrected chi connectivity index (χ0v) is 20.0. The number of carbonyl (C=O) groups is 3. The molecule has 1 aliphatic rings. The maximum atomic E-state index is 13.8. The van der Waals surface area contributed by atoms with Crippen molar-refractivity contribution < 1.29 is 14.4 Å². The van der Waals surface area contributed by atoms with Crippen LogP contribution in [0.25, 0.3) is 10.8 Å². The van der Waals surface area contributed by atoms with Crippen LogP contribution in [0.3, 0.4) is 0 Å². The fourth-order valence-electron chi connectivity index (χ4n) is 4.62. The molecule has 0 aliphatic carbocycles. The molecule has 0 spiro atoms. The average Bonchev–Trinajstić information content (AvgIpc) is 3.11. The van der Waals surface area contributed by atoms with Crippen LogP contribution in [0.2, 0.25) is 0 Å². The highest BCUT2D eigenvalue weighted by atomic mass is 16.2. The molecular weight excluding hydrogens is 426 g/mol. The van der Waals surface area contributed by atoms with Crippen molar-refractivity contribution in [2.24, 2.45) is 0 Å². The Hall–Kier alpha value is -3.67. The van der Waals surface area contributed by atoms with Crippen molar-refractivity contribution in [2.45, 2.75) is 46.2 Å². The summed E-state index contributed by atoms with van der Waals surface area (Å²) in [7, 11) is 0. The monoisotopic (exact) mass is 457 g/mol. The largest absolute Gasteiger partial charge is 0.354 e. The summed E-state index contributed by atoms with van der Waals surface area (Å²) in [5.74, 6) is -0.594. The van der Waals surface area contributed by atoms with E-state index in [1.165, 1.54) is 0 Å². The number of hydrogen-bond donors (Lipinski definition) is 1. The molecule has 0 bridgehead atoms. The van der Waals surface area contributed by atoms with Gasteiger partial charge in [-0.05, 0) is 48.4 Å². The molecule has 6 heteroatoms. The maximum Gasteiger partial charge on any atom is 0.259 e. The lowest BCUT2D eigenvalue weighted by atomic mass is 10.1. The summed E-state index contributed by atoms with van der Waals surface area (Å²) in [5.41, 5.74) is 3.39. The van der Waals surface area contributed by atoms with Gasteiger partial charge in [-0.3, -0.25) is 19.3 Å². The predicted octanol–water partition coefficient (Wildman–Crippen LogP) is 4.44. The van der Waals surface area contributed by atoms with Crippen molar-refractivity contribution in [3.63, 3.8) is 0 Å². The molecule has 0 saturated carbocycles. The number of anilines is 1. The quantitative estimate of drug-likeness (QED) is 0.516. The molecule has 176 valence electrons. The standard InChI is InChI=1S/C28H31N3O3/c1-4-16-29-27(33)23(5-2)30(17-21-11-7-6-10-19(21)3)25(32)18-31-24-15-9-13-20-12-8-14-22(26(20)24)28(31)34/h6-15,23H,4-5,16-18H2,1-3H3,(H,29,33)/t23-/m1/s1. The predicted molar refractivity (Wildman–Crippen MR) is 135 cm³/mol. The normalized spacial score (nSPS) is 13.3. The Balaban J connectivity index is 1.65. The van der Waals surface area contributed by atoms with E-state index in [1.54, 1.807) is 15.9 Å². The van der Waals surface area contributed by atoms with E-state index in [4.69, 9.17) is 0 Å². The molecule has 4 rings (SSSR count). The van der Waals surface area contributed by atoms with Gasteiger partial charge in [-0.1, -0.05) is 62.4 Å². The van der Waals surface area contributed by atoms with Gasteiger partial charge in [0.15, 0.2) is 0 Å². The van der Waals surface area contributed by atoms with E-state index in [9.17, 15) is 14.4 Å². The molecule has 6 nitrogen and oxygen atoms in total. The lowest BCUT2D eigenvalue weighted by molar-refractivity contribution is -0.140. The first-order valence-electron chi connectivity index (χ1n) is 11.9. The van der Waals surface area contributed by atoms with Crippen molar-refractivity contribution in [3.8, 4) is 0 Å². The van der Waals surface area contributed by atoms with Gasteiger partial charge in [-0.2, -0.15) is 0 Å². The molecule has 0 unspecified atom stereocenters. The van der Waals surface area contributed by atoms with Crippen molar-refractivity contribution >= 4 is 34.2 Å². The highest BCUT2D eigenvalue weighted by Crippen LogP contribution is 2.37. The molecule has 1 heterocycles. The van der Waals surface area contributed by atoms with Gasteiger partial charge in [0.2, 0.25) is 11.8 Å². The maximum absolute atomic E-state index is 13.8. The summed E-state index contributed by atoms with van der Waals surface area (Å²) in [6.45, 7) is 6.65. The van der Waals surface area contributed by atoms with Gasteiger partial charge in [0.1, 0.15) is 12.6 Å². The number of benzene rings is 3. The minimum atomic E-state index is -0.616. The fraction of sp³-hybridized carbons (Fsp3) is 0.321. The number of hydrogen-bond acceptors (Lipinski definition) is 3. The van der Waals surface area contributed by atoms with E-state index in [0.29, 0.717) is 25.1 Å². The van der Waals surface area contributed by atoms with Crippen LogP contribution in [0.1, 0.15) is 48.2 Å². The van der Waals surface area contributed by atoms with Crippen molar-refractivity contribution in [2.75, 3.05) is 18.0 Å². The lowest BCUT2D eigenvalue weighted by Gasteiger charge is -2.32. The fourth-order valence-corrected chi connectivity index (χ4v) is 4.62. The molecule has 1 N–H and O–H groups in total. The number of aryl methyl sites for hydroxylation is 1. The second-order valence-corrected chi connectivity index (χ2v) is 8.74. The van der Waals surface area contributed by atoms with Crippen LogP contribution in [0.4, 0.5) is 5.69 Å². The summed E-state index contributed by atoms with van der Waals surface area (Å²) < 4.78 is 0. The van der Waals surface area contributed by atoms with Crippen LogP contribution in [-0.2, 0) is 16.1 Å². The molecule has 3 amide bonds. The number of nitrogens with zero attached hydrogens (tertiary/aromatic N) is 2. The Morgan fingerprint density at radius 2 is 1.74 bits per heavy atom. The Bertz CT molecular complexity index is 1230. The van der Waals surface area contributed by atoms with Gasteiger partial charge in [-0.15, -0.1) is 0 Å². The van der Waals surface area contributed by atoms with Gasteiger partial charge < -0.3 is 10.2 Å². The van der Waals surface area contributed by atoms with Gasteiger partial charge >= 0.3 is 0 Å². The van der Waals surface area contributed by atoms with Crippen LogP contribution < -0.4 is 10.2 Å². The van der Waals surface area contributed by atoms with Gasteiger partial charge in [0.25, 0.3) is 5.91 Å². The first kappa shape index (κ1) is 23.5. The van der Waals surface area contributed by atoms with Crippen LogP contribution >= 0.6 is 0 Å². The Morgan fingerprint density at radius 1 is 1.00 bits per heavy atom. The minimum absolute atomic E-state index is 0.115. The molecule has 34 heavy (non-hydrogen) atoms. The summed E-state index contributed by atoms with van der Waals surface area (Å²) in [6.07, 6.45) is 1.30. The van der Waals surface area contributed by atoms with Crippen LogP contribution in [-0.4, -0.2) is 41.8 Å². The molecule has 3 aromatic rings. The highest BCUT2D eigenvalue weighted by molar-refractivity contribution is 6.26. The highest BCUT2D eigenvalue weighted by Gasteiger charge is 2.35. The lowest BCUT2D eigenvalue weighted by Crippen LogP contribution is -2.52. The molecule has 1 aliphatic heterocycles. The average molecular weight is 458 g/mol. The number of rotatable bonds is 9. The van der Waals surface area contributed by atoms with Gasteiger partial charge in [0, 0.05) is 24.0 Å². The minimum Gasteiger partial charge on any atom is -0.354 e. The molecule has 0 saturated heterocycles. The first-order chi connectivity index (χ1) is 16.5. The van der Waals surface area contributed by atoms with Crippen molar-refractivity contribution in [3.05, 3.63) is 77.4 Å². The Kier molecular flexibility index (Phi) is 6.96. The van der Waals surface area contributed by atoms with E-state index < -0.39 is 6.04 Å². The SMILES string of the molecule is CCCNC(=O)[C@@H](CC)N(Cc1ccccc1C)C(=O)CN1C(=O)c2cccc3cccc1c23. The molecule has 0 fully saturated rings. The second-order valence-electron chi connectivity index (χ2n) is 8.74. The second kappa shape index (κ2) is 10.1. The van der Waals surface area contributed by atoms with Crippen LogP contribution in [0.15, 0.2) is 60.7 Å². The summed E-state index contributed by atoms with van der Waals surface area (Å²) in [5, 5.41) is 4.79. The molecule has 3 aromatic carbocycles. The van der Waals surface area contributed by atoms with Crippen LogP contribution in [0.5, 0.6) is 0 Å². The van der Waals surface area contributed by atoms with Crippen molar-refractivity contribution in [1.29, 1.82) is 0 Å².